The van der Waals surface area contributed by atoms with Gasteiger partial charge in [-0.05, 0) is 18.9 Å². The van der Waals surface area contributed by atoms with Crippen LogP contribution in [-0.4, -0.2) is 35.9 Å². The molecule has 0 aliphatic carbocycles. The highest BCUT2D eigenvalue weighted by atomic mass is 16.7. The monoisotopic (exact) mass is 256 g/mol. The van der Waals surface area contributed by atoms with Gasteiger partial charge in [-0.3, -0.25) is 9.59 Å². The molecule has 1 fully saturated rings. The van der Waals surface area contributed by atoms with Crippen molar-refractivity contribution < 1.29 is 19.2 Å². The number of nitrogens with one attached hydrogen (secondary N) is 1. The van der Waals surface area contributed by atoms with Crippen molar-refractivity contribution >= 4 is 17.8 Å². The summed E-state index contributed by atoms with van der Waals surface area (Å²) in [5.74, 6) is -1.20. The van der Waals surface area contributed by atoms with E-state index in [-0.39, 0.29) is 24.7 Å². The summed E-state index contributed by atoms with van der Waals surface area (Å²) >= 11 is 0. The van der Waals surface area contributed by atoms with E-state index in [1.54, 1.807) is 7.05 Å². The number of hydrogen-bond donors (Lipinski definition) is 1. The fourth-order valence-electron chi connectivity index (χ4n) is 1.78. The second-order valence-corrected chi connectivity index (χ2v) is 4.86. The highest BCUT2D eigenvalue weighted by Crippen LogP contribution is 2.18. The van der Waals surface area contributed by atoms with Crippen LogP contribution in [-0.2, 0) is 19.2 Å². The molecule has 1 aliphatic heterocycles. The van der Waals surface area contributed by atoms with Gasteiger partial charge >= 0.3 is 5.97 Å². The van der Waals surface area contributed by atoms with E-state index in [0.29, 0.717) is 5.06 Å². The predicted octanol–water partition coefficient (Wildman–Crippen LogP) is 0.474. The van der Waals surface area contributed by atoms with Crippen LogP contribution in [0.2, 0.25) is 0 Å². The lowest BCUT2D eigenvalue weighted by molar-refractivity contribution is -0.200. The number of hydrogen-bond acceptors (Lipinski definition) is 5. The second-order valence-electron chi connectivity index (χ2n) is 4.86. The quantitative estimate of drug-likeness (QED) is 0.724. The Hall–Kier alpha value is -1.43. The highest BCUT2D eigenvalue weighted by molar-refractivity contribution is 6.01. The van der Waals surface area contributed by atoms with E-state index < -0.39 is 23.8 Å². The van der Waals surface area contributed by atoms with E-state index in [9.17, 15) is 14.4 Å². The van der Waals surface area contributed by atoms with Crippen LogP contribution in [0.4, 0.5) is 0 Å². The lowest BCUT2D eigenvalue weighted by Crippen LogP contribution is -2.46. The van der Waals surface area contributed by atoms with Crippen molar-refractivity contribution in [2.24, 2.45) is 11.8 Å². The van der Waals surface area contributed by atoms with Crippen molar-refractivity contribution in [1.29, 1.82) is 0 Å². The first-order valence-electron chi connectivity index (χ1n) is 6.13. The molecule has 2 amide bonds. The van der Waals surface area contributed by atoms with Gasteiger partial charge in [0.05, 0.1) is 0 Å². The number of rotatable bonds is 5. The summed E-state index contributed by atoms with van der Waals surface area (Å²) in [6.45, 7) is 5.91. The van der Waals surface area contributed by atoms with Crippen molar-refractivity contribution in [3.05, 3.63) is 0 Å². The summed E-state index contributed by atoms with van der Waals surface area (Å²) in [6.07, 6.45) is 0.214. The zero-order valence-corrected chi connectivity index (χ0v) is 11.2. The number of amides is 2. The molecule has 1 heterocycles. The van der Waals surface area contributed by atoms with Crippen LogP contribution in [0, 0.1) is 11.8 Å². The predicted molar refractivity (Wildman–Crippen MR) is 64.0 cm³/mol. The van der Waals surface area contributed by atoms with Crippen molar-refractivity contribution in [3.63, 3.8) is 0 Å². The van der Waals surface area contributed by atoms with Gasteiger partial charge in [-0.15, -0.1) is 5.06 Å². The molecule has 1 aliphatic rings. The summed E-state index contributed by atoms with van der Waals surface area (Å²) in [5.41, 5.74) is 0. The lowest BCUT2D eigenvalue weighted by atomic mass is 9.90. The maximum Gasteiger partial charge on any atom is 0.350 e. The Morgan fingerprint density at radius 2 is 1.72 bits per heavy atom. The standard InChI is InChI=1S/C12H20N2O4/c1-7(2)8(3)11(13-4)12(17)18-14-9(15)5-6-10(14)16/h7-8,11,13H,5-6H2,1-4H3/t8-,11-/m0/s1. The average Bonchev–Trinajstić information content (AvgIpc) is 2.61. The number of carbonyl (C=O) groups is 3. The van der Waals surface area contributed by atoms with Gasteiger partial charge in [0.2, 0.25) is 0 Å². The maximum atomic E-state index is 11.9. The Morgan fingerprint density at radius 3 is 2.11 bits per heavy atom. The summed E-state index contributed by atoms with van der Waals surface area (Å²) in [6, 6.07) is -0.536. The Kier molecular flexibility index (Phi) is 4.84. The summed E-state index contributed by atoms with van der Waals surface area (Å²) < 4.78 is 0. The Morgan fingerprint density at radius 1 is 1.22 bits per heavy atom. The third-order valence-corrected chi connectivity index (χ3v) is 3.33. The van der Waals surface area contributed by atoms with Gasteiger partial charge < -0.3 is 10.2 Å². The van der Waals surface area contributed by atoms with E-state index in [1.165, 1.54) is 0 Å². The summed E-state index contributed by atoms with van der Waals surface area (Å²) in [7, 11) is 1.65. The molecule has 6 heteroatoms. The first-order valence-corrected chi connectivity index (χ1v) is 6.13. The van der Waals surface area contributed by atoms with E-state index >= 15 is 0 Å². The SMILES string of the molecule is CN[C@H](C(=O)ON1C(=O)CCC1=O)[C@@H](C)C(C)C. The van der Waals surface area contributed by atoms with Crippen molar-refractivity contribution in [2.75, 3.05) is 7.05 Å². The number of imide groups is 1. The first kappa shape index (κ1) is 14.6. The minimum atomic E-state index is -0.595. The van der Waals surface area contributed by atoms with Crippen LogP contribution in [0.3, 0.4) is 0 Å². The molecular weight excluding hydrogens is 236 g/mol. The molecule has 1 saturated heterocycles. The van der Waals surface area contributed by atoms with Crippen molar-refractivity contribution in [3.8, 4) is 0 Å². The highest BCUT2D eigenvalue weighted by Gasteiger charge is 2.36. The smallest absolute Gasteiger partial charge is 0.329 e. The van der Waals surface area contributed by atoms with Crippen LogP contribution >= 0.6 is 0 Å². The van der Waals surface area contributed by atoms with Crippen LogP contribution in [0.1, 0.15) is 33.6 Å². The largest absolute Gasteiger partial charge is 0.350 e. The van der Waals surface area contributed by atoms with Crippen molar-refractivity contribution in [2.45, 2.75) is 39.7 Å². The maximum absolute atomic E-state index is 11.9. The molecule has 2 atom stereocenters. The van der Waals surface area contributed by atoms with Crippen LogP contribution in [0.15, 0.2) is 0 Å². The van der Waals surface area contributed by atoms with Gasteiger partial charge in [-0.1, -0.05) is 20.8 Å². The second kappa shape index (κ2) is 5.95. The van der Waals surface area contributed by atoms with Crippen molar-refractivity contribution in [1.82, 2.24) is 10.4 Å². The van der Waals surface area contributed by atoms with E-state index in [1.807, 2.05) is 20.8 Å². The minimum Gasteiger partial charge on any atom is -0.329 e. The van der Waals surface area contributed by atoms with Gasteiger partial charge in [0.15, 0.2) is 0 Å². The lowest BCUT2D eigenvalue weighted by Gasteiger charge is -2.25. The molecule has 6 nitrogen and oxygen atoms in total. The first-order chi connectivity index (χ1) is 8.38. The molecule has 1 rings (SSSR count). The van der Waals surface area contributed by atoms with Crippen LogP contribution in [0.25, 0.3) is 0 Å². The normalized spacial score (nSPS) is 19.3. The molecule has 1 N–H and O–H groups in total. The number of nitrogens with zero attached hydrogens (tertiary/aromatic N) is 1. The zero-order chi connectivity index (χ0) is 13.9. The Labute approximate surface area is 107 Å². The summed E-state index contributed by atoms with van der Waals surface area (Å²) in [4.78, 5) is 39.5. The van der Waals surface area contributed by atoms with Crippen LogP contribution < -0.4 is 5.32 Å². The van der Waals surface area contributed by atoms with Crippen LogP contribution in [0.5, 0.6) is 0 Å². The molecule has 0 aromatic rings. The van der Waals surface area contributed by atoms with E-state index in [2.05, 4.69) is 5.32 Å². The topological polar surface area (TPSA) is 75.7 Å². The number of hydroxylamine groups is 2. The third-order valence-electron chi connectivity index (χ3n) is 3.33. The molecule has 18 heavy (non-hydrogen) atoms. The fourth-order valence-corrected chi connectivity index (χ4v) is 1.78. The third kappa shape index (κ3) is 3.07. The van der Waals surface area contributed by atoms with Gasteiger partial charge in [0.1, 0.15) is 6.04 Å². The van der Waals surface area contributed by atoms with E-state index in [0.717, 1.165) is 0 Å². The molecule has 0 aromatic heterocycles. The molecule has 0 bridgehead atoms. The molecule has 0 aromatic carbocycles. The molecule has 0 radical (unpaired) electrons. The zero-order valence-electron chi connectivity index (χ0n) is 11.2. The molecule has 102 valence electrons. The Balaban J connectivity index is 2.68. The van der Waals surface area contributed by atoms with Gasteiger partial charge in [0, 0.05) is 12.8 Å². The Bertz CT molecular complexity index is 338. The molecule has 0 unspecified atom stereocenters. The van der Waals surface area contributed by atoms with Gasteiger partial charge in [-0.2, -0.15) is 0 Å². The summed E-state index contributed by atoms with van der Waals surface area (Å²) in [5, 5.41) is 3.45. The average molecular weight is 256 g/mol. The fraction of sp³-hybridized carbons (Fsp3) is 0.750. The van der Waals surface area contributed by atoms with E-state index in [4.69, 9.17) is 4.84 Å². The van der Waals surface area contributed by atoms with Gasteiger partial charge in [0.25, 0.3) is 11.8 Å². The number of carbonyl (C=O) groups excluding carboxylic acids is 3. The number of likely N-dealkylation sites (N-methyl/N-ethyl adjacent to an activating group) is 1. The molecular formula is C12H20N2O4. The molecule has 0 saturated carbocycles. The molecule has 0 spiro atoms. The van der Waals surface area contributed by atoms with Gasteiger partial charge in [-0.25, -0.2) is 4.79 Å². The minimum absolute atomic E-state index is 0.0373.